The minimum Gasteiger partial charge on any atom is -0.393 e. The Kier molecular flexibility index (Phi) is 4.19. The number of carbonyl (C=O) groups is 1. The molecule has 6 nitrogen and oxygen atoms in total. The Hall–Kier alpha value is -1.69. The van der Waals surface area contributed by atoms with Gasteiger partial charge in [-0.05, 0) is 6.42 Å². The van der Waals surface area contributed by atoms with E-state index >= 15 is 0 Å². The molecule has 88 valence electrons. The van der Waals surface area contributed by atoms with Crippen LogP contribution in [-0.2, 0) is 16.0 Å². The molecule has 1 atom stereocenters. The fourth-order valence-corrected chi connectivity index (χ4v) is 1.58. The minimum absolute atomic E-state index is 0.0949. The molecule has 0 spiro atoms. The number of carbonyl (C=O) groups excluding carboxylic acids is 1. The summed E-state index contributed by atoms with van der Waals surface area (Å²) in [6.07, 6.45) is 3.43. The van der Waals surface area contributed by atoms with E-state index in [0.29, 0.717) is 18.7 Å². The monoisotopic (exact) mass is 225 g/mol. The molecule has 1 aromatic heterocycles. The van der Waals surface area contributed by atoms with Crippen LogP contribution in [0.25, 0.3) is 0 Å². The molecule has 0 bridgehead atoms. The Labute approximate surface area is 93.0 Å². The maximum atomic E-state index is 11.5. The molecule has 0 aromatic carbocycles. The summed E-state index contributed by atoms with van der Waals surface area (Å²) in [5, 5.41) is 0. The molecule has 1 unspecified atom stereocenters. The molecule has 1 aliphatic rings. The summed E-state index contributed by atoms with van der Waals surface area (Å²) in [6.45, 7) is 0. The molecule has 0 amide bonds. The second kappa shape index (κ2) is 5.41. The molecule has 2 rings (SSSR count). The maximum Gasteiger partial charge on any atom is 0.277 e. The number of nitrogens with two attached hydrogens (primary N) is 1. The zero-order valence-corrected chi connectivity index (χ0v) is 9.34. The second-order valence-electron chi connectivity index (χ2n) is 3.46. The van der Waals surface area contributed by atoms with Gasteiger partial charge in [-0.25, -0.2) is 4.98 Å². The molecule has 0 saturated heterocycles. The largest absolute Gasteiger partial charge is 0.393 e. The van der Waals surface area contributed by atoms with Crippen LogP contribution in [-0.4, -0.2) is 30.1 Å². The van der Waals surface area contributed by atoms with Crippen LogP contribution in [0.2, 0.25) is 0 Å². The average molecular weight is 225 g/mol. The fourth-order valence-electron chi connectivity index (χ4n) is 1.58. The van der Waals surface area contributed by atoms with E-state index in [2.05, 4.69) is 9.72 Å². The predicted octanol–water partition coefficient (Wildman–Crippen LogP) is -0.226. The quantitative estimate of drug-likeness (QED) is 0.667. The molecule has 0 saturated carbocycles. The fraction of sp³-hybridized carbons (Fsp3) is 0.500. The van der Waals surface area contributed by atoms with E-state index in [-0.39, 0.29) is 17.3 Å². The van der Waals surface area contributed by atoms with E-state index in [1.165, 1.54) is 10.8 Å². The smallest absolute Gasteiger partial charge is 0.277 e. The highest BCUT2D eigenvalue weighted by Gasteiger charge is 2.24. The lowest BCUT2D eigenvalue weighted by Gasteiger charge is -2.06. The Morgan fingerprint density at radius 2 is 2.25 bits per heavy atom. The topological polar surface area (TPSA) is 87.2 Å². The van der Waals surface area contributed by atoms with E-state index in [4.69, 9.17) is 5.73 Å². The van der Waals surface area contributed by atoms with Crippen LogP contribution in [0.1, 0.15) is 18.3 Å². The average Bonchev–Trinajstić information content (AvgIpc) is 2.68. The summed E-state index contributed by atoms with van der Waals surface area (Å²) >= 11 is 0. The molecule has 2 N–H and O–H groups in total. The van der Waals surface area contributed by atoms with Gasteiger partial charge in [-0.15, -0.1) is 0 Å². The van der Waals surface area contributed by atoms with Crippen molar-refractivity contribution < 1.29 is 9.53 Å². The van der Waals surface area contributed by atoms with Gasteiger partial charge in [-0.1, -0.05) is 0 Å². The lowest BCUT2D eigenvalue weighted by Crippen LogP contribution is -2.26. The molecule has 0 fully saturated rings. The zero-order valence-electron chi connectivity index (χ0n) is 9.34. The number of methoxy groups -OCH3 is 1. The highest BCUT2D eigenvalue weighted by Crippen LogP contribution is 2.19. The number of hydrogen-bond donors (Lipinski definition) is 1. The van der Waals surface area contributed by atoms with Crippen molar-refractivity contribution >= 4 is 12.0 Å². The number of aldehydes is 1. The van der Waals surface area contributed by atoms with Crippen molar-refractivity contribution in [2.75, 3.05) is 20.0 Å². The standard InChI is InChI=1S/C8H9N3O2.C2H6O/c9-6-3-10-7-2-1-5(4-12)11(7)8(6)13;1-3-2/h3-5H,1-2,9H2;1-2H3. The van der Waals surface area contributed by atoms with Crippen molar-refractivity contribution in [3.63, 3.8) is 0 Å². The first-order valence-corrected chi connectivity index (χ1v) is 4.87. The van der Waals surface area contributed by atoms with Crippen molar-refractivity contribution in [3.05, 3.63) is 22.4 Å². The summed E-state index contributed by atoms with van der Waals surface area (Å²) in [5.41, 5.74) is 5.19. The Bertz CT molecular complexity index is 428. The highest BCUT2D eigenvalue weighted by atomic mass is 16.4. The Balaban J connectivity index is 0.000000386. The molecule has 2 heterocycles. The van der Waals surface area contributed by atoms with E-state index in [0.717, 1.165) is 6.29 Å². The molecule has 16 heavy (non-hydrogen) atoms. The summed E-state index contributed by atoms with van der Waals surface area (Å²) < 4.78 is 5.63. The molecular weight excluding hydrogens is 210 g/mol. The second-order valence-corrected chi connectivity index (χ2v) is 3.46. The Morgan fingerprint density at radius 3 is 2.81 bits per heavy atom. The van der Waals surface area contributed by atoms with Gasteiger partial charge in [0.15, 0.2) is 0 Å². The highest BCUT2D eigenvalue weighted by molar-refractivity contribution is 5.57. The number of fused-ring (bicyclic) bond motifs is 1. The first-order chi connectivity index (χ1) is 7.65. The maximum absolute atomic E-state index is 11.5. The third-order valence-electron chi connectivity index (χ3n) is 2.25. The third-order valence-corrected chi connectivity index (χ3v) is 2.25. The van der Waals surface area contributed by atoms with Crippen molar-refractivity contribution in [2.45, 2.75) is 18.9 Å². The lowest BCUT2D eigenvalue weighted by molar-refractivity contribution is -0.110. The van der Waals surface area contributed by atoms with E-state index in [9.17, 15) is 9.59 Å². The number of rotatable bonds is 1. The van der Waals surface area contributed by atoms with E-state index in [1.54, 1.807) is 14.2 Å². The third kappa shape index (κ3) is 2.27. The van der Waals surface area contributed by atoms with Crippen molar-refractivity contribution in [3.8, 4) is 0 Å². The predicted molar refractivity (Wildman–Crippen MR) is 59.3 cm³/mol. The lowest BCUT2D eigenvalue weighted by atomic mass is 10.2. The first-order valence-electron chi connectivity index (χ1n) is 4.87. The van der Waals surface area contributed by atoms with Crippen molar-refractivity contribution in [1.29, 1.82) is 0 Å². The molecule has 0 radical (unpaired) electrons. The summed E-state index contributed by atoms with van der Waals surface area (Å²) in [7, 11) is 3.25. The van der Waals surface area contributed by atoms with Crippen LogP contribution in [0, 0.1) is 0 Å². The summed E-state index contributed by atoms with van der Waals surface area (Å²) in [5.74, 6) is 0.649. The SMILES string of the molecule is COC.Nc1cnc2n(c1=O)C(C=O)CC2. The molecule has 0 aliphatic carbocycles. The van der Waals surface area contributed by atoms with Gasteiger partial charge >= 0.3 is 0 Å². The summed E-state index contributed by atoms with van der Waals surface area (Å²) in [4.78, 5) is 26.1. The zero-order chi connectivity index (χ0) is 12.1. The van der Waals surface area contributed by atoms with Gasteiger partial charge in [-0.2, -0.15) is 0 Å². The minimum atomic E-state index is -0.376. The molecule has 1 aliphatic heterocycles. The van der Waals surface area contributed by atoms with E-state index < -0.39 is 0 Å². The van der Waals surface area contributed by atoms with Crippen LogP contribution in [0.15, 0.2) is 11.0 Å². The van der Waals surface area contributed by atoms with Gasteiger partial charge in [0.2, 0.25) is 0 Å². The van der Waals surface area contributed by atoms with Crippen LogP contribution >= 0.6 is 0 Å². The van der Waals surface area contributed by atoms with Crippen molar-refractivity contribution in [1.82, 2.24) is 9.55 Å². The van der Waals surface area contributed by atoms with Gasteiger partial charge in [0.05, 0.1) is 12.2 Å². The van der Waals surface area contributed by atoms with Crippen molar-refractivity contribution in [2.24, 2.45) is 0 Å². The Morgan fingerprint density at radius 1 is 1.62 bits per heavy atom. The number of aryl methyl sites for hydroxylation is 1. The van der Waals surface area contributed by atoms with Gasteiger partial charge in [0, 0.05) is 20.6 Å². The molecular formula is C10H15N3O3. The normalized spacial score (nSPS) is 17.2. The number of aromatic nitrogens is 2. The number of ether oxygens (including phenoxy) is 1. The van der Waals surface area contributed by atoms with Crippen LogP contribution in [0.5, 0.6) is 0 Å². The van der Waals surface area contributed by atoms with Crippen LogP contribution in [0.4, 0.5) is 5.69 Å². The van der Waals surface area contributed by atoms with Crippen LogP contribution < -0.4 is 11.3 Å². The van der Waals surface area contributed by atoms with E-state index in [1.807, 2.05) is 0 Å². The first kappa shape index (κ1) is 12.4. The number of nitrogen functional groups attached to an aromatic ring is 1. The molecule has 1 aromatic rings. The summed E-state index contributed by atoms with van der Waals surface area (Å²) in [6, 6.07) is -0.376. The number of anilines is 1. The van der Waals surface area contributed by atoms with Crippen LogP contribution in [0.3, 0.4) is 0 Å². The number of hydrogen-bond acceptors (Lipinski definition) is 5. The van der Waals surface area contributed by atoms with Gasteiger partial charge < -0.3 is 15.3 Å². The molecule has 6 heteroatoms. The van der Waals surface area contributed by atoms with Gasteiger partial charge in [0.25, 0.3) is 5.56 Å². The number of nitrogens with zero attached hydrogens (tertiary/aromatic N) is 2. The van der Waals surface area contributed by atoms with Gasteiger partial charge in [0.1, 0.15) is 17.8 Å². The van der Waals surface area contributed by atoms with Gasteiger partial charge in [-0.3, -0.25) is 9.36 Å².